The molecule has 1 fully saturated rings. The first-order valence-electron chi connectivity index (χ1n) is 9.83. The van der Waals surface area contributed by atoms with E-state index in [0.29, 0.717) is 28.8 Å². The molecule has 160 valence electrons. The maximum Gasteiger partial charge on any atom is 0.270 e. The molecule has 0 bridgehead atoms. The average Bonchev–Trinajstić information content (AvgIpc) is 2.76. The van der Waals surface area contributed by atoms with Crippen LogP contribution in [-0.4, -0.2) is 50.9 Å². The van der Waals surface area contributed by atoms with Crippen LogP contribution in [0.1, 0.15) is 34.2 Å². The van der Waals surface area contributed by atoms with Gasteiger partial charge < -0.3 is 15.3 Å². The maximum atomic E-state index is 13.0. The van der Waals surface area contributed by atoms with Crippen molar-refractivity contribution in [3.8, 4) is 5.75 Å². The van der Waals surface area contributed by atoms with Crippen molar-refractivity contribution in [2.45, 2.75) is 19.4 Å². The van der Waals surface area contributed by atoms with E-state index in [1.165, 1.54) is 0 Å². The summed E-state index contributed by atoms with van der Waals surface area (Å²) in [4.78, 5) is 36.1. The zero-order valence-corrected chi connectivity index (χ0v) is 19.9. The number of aromatic nitrogens is 2. The fourth-order valence-electron chi connectivity index (χ4n) is 3.68. The van der Waals surface area contributed by atoms with E-state index in [0.717, 1.165) is 16.3 Å². The number of nitrogens with one attached hydrogen (secondary N) is 1. The summed E-state index contributed by atoms with van der Waals surface area (Å²) >= 11 is 6.67. The molecule has 3 heterocycles. The molecule has 2 atom stereocenters. The number of phenols is 1. The van der Waals surface area contributed by atoms with Crippen LogP contribution >= 0.6 is 31.9 Å². The fourth-order valence-corrected chi connectivity index (χ4v) is 4.48. The molecular formula is C22H20Br2N4O3. The molecule has 1 aliphatic rings. The first-order valence-corrected chi connectivity index (χ1v) is 11.4. The van der Waals surface area contributed by atoms with Gasteiger partial charge in [-0.3, -0.25) is 14.6 Å². The number of likely N-dealkylation sites (tertiary alicyclic amines) is 1. The third-order valence-electron chi connectivity index (χ3n) is 5.57. The number of rotatable bonds is 3. The number of para-hydroxylation sites is 1. The Kier molecular flexibility index (Phi) is 6.24. The van der Waals surface area contributed by atoms with Gasteiger partial charge in [0.05, 0.1) is 20.0 Å². The minimum atomic E-state index is -0.290. The van der Waals surface area contributed by atoms with Crippen LogP contribution in [0.3, 0.4) is 0 Å². The summed E-state index contributed by atoms with van der Waals surface area (Å²) in [5.41, 5.74) is 1.21. The van der Waals surface area contributed by atoms with E-state index in [1.807, 2.05) is 6.07 Å². The summed E-state index contributed by atoms with van der Waals surface area (Å²) in [6.07, 6.45) is 4.08. The highest BCUT2D eigenvalue weighted by Crippen LogP contribution is 2.29. The molecule has 9 heteroatoms. The van der Waals surface area contributed by atoms with E-state index in [9.17, 15) is 14.7 Å². The van der Waals surface area contributed by atoms with Crippen LogP contribution in [0.25, 0.3) is 10.9 Å². The first-order chi connectivity index (χ1) is 14.8. The smallest absolute Gasteiger partial charge is 0.270 e. The molecule has 2 unspecified atom stereocenters. The first kappa shape index (κ1) is 21.7. The summed E-state index contributed by atoms with van der Waals surface area (Å²) in [6.45, 7) is 2.98. The monoisotopic (exact) mass is 546 g/mol. The van der Waals surface area contributed by atoms with Gasteiger partial charge in [0, 0.05) is 36.9 Å². The van der Waals surface area contributed by atoms with Crippen LogP contribution < -0.4 is 5.32 Å². The van der Waals surface area contributed by atoms with Crippen LogP contribution in [0.15, 0.2) is 51.7 Å². The second-order valence-electron chi connectivity index (χ2n) is 7.62. The lowest BCUT2D eigenvalue weighted by Gasteiger charge is -2.37. The van der Waals surface area contributed by atoms with Crippen LogP contribution in [0.5, 0.6) is 5.75 Å². The molecular weight excluding hydrogens is 528 g/mol. The third-order valence-corrected chi connectivity index (χ3v) is 6.79. The van der Waals surface area contributed by atoms with Crippen molar-refractivity contribution in [1.29, 1.82) is 0 Å². The molecule has 4 rings (SSSR count). The Labute approximate surface area is 196 Å². The van der Waals surface area contributed by atoms with Gasteiger partial charge in [-0.2, -0.15) is 0 Å². The minimum absolute atomic E-state index is 0.0767. The van der Waals surface area contributed by atoms with E-state index in [2.05, 4.69) is 54.1 Å². The molecule has 0 saturated carbocycles. The van der Waals surface area contributed by atoms with E-state index in [1.54, 1.807) is 41.6 Å². The van der Waals surface area contributed by atoms with E-state index in [4.69, 9.17) is 0 Å². The summed E-state index contributed by atoms with van der Waals surface area (Å²) in [7, 11) is 0. The maximum absolute atomic E-state index is 13.0. The Hall–Kier alpha value is -2.52. The lowest BCUT2D eigenvalue weighted by atomic mass is 9.92. The Morgan fingerprint density at radius 1 is 1.16 bits per heavy atom. The van der Waals surface area contributed by atoms with Gasteiger partial charge in [0.1, 0.15) is 11.4 Å². The number of pyridine rings is 2. The van der Waals surface area contributed by atoms with Crippen molar-refractivity contribution in [3.05, 3.63) is 62.9 Å². The molecule has 2 amide bonds. The zero-order valence-electron chi connectivity index (χ0n) is 16.7. The molecule has 0 radical (unpaired) electrons. The quantitative estimate of drug-likeness (QED) is 0.514. The van der Waals surface area contributed by atoms with E-state index < -0.39 is 0 Å². The van der Waals surface area contributed by atoms with Crippen molar-refractivity contribution in [2.24, 2.45) is 5.92 Å². The number of aromatic hydroxyl groups is 1. The number of fused-ring (bicyclic) bond motifs is 1. The van der Waals surface area contributed by atoms with Gasteiger partial charge in [0.25, 0.3) is 11.8 Å². The highest BCUT2D eigenvalue weighted by Gasteiger charge is 2.32. The molecule has 3 aromatic rings. The van der Waals surface area contributed by atoms with E-state index >= 15 is 0 Å². The number of halogens is 2. The number of hydrogen-bond acceptors (Lipinski definition) is 5. The lowest BCUT2D eigenvalue weighted by molar-refractivity contribution is 0.0621. The molecule has 31 heavy (non-hydrogen) atoms. The Morgan fingerprint density at radius 2 is 1.97 bits per heavy atom. The normalized spacial score (nSPS) is 18.7. The number of hydrogen-bond donors (Lipinski definition) is 2. The number of carbonyl (C=O) groups is 2. The van der Waals surface area contributed by atoms with Gasteiger partial charge in [-0.15, -0.1) is 0 Å². The Morgan fingerprint density at radius 3 is 2.77 bits per heavy atom. The van der Waals surface area contributed by atoms with Gasteiger partial charge in [-0.05, 0) is 68.5 Å². The van der Waals surface area contributed by atoms with Gasteiger partial charge in [0.2, 0.25) is 0 Å². The van der Waals surface area contributed by atoms with Gasteiger partial charge in [-0.25, -0.2) is 4.98 Å². The third kappa shape index (κ3) is 4.43. The highest BCUT2D eigenvalue weighted by atomic mass is 79.9. The van der Waals surface area contributed by atoms with Gasteiger partial charge >= 0.3 is 0 Å². The number of carbonyl (C=O) groups excluding carboxylic acids is 2. The van der Waals surface area contributed by atoms with Crippen molar-refractivity contribution < 1.29 is 14.7 Å². The Bertz CT molecular complexity index is 1170. The topological polar surface area (TPSA) is 95.4 Å². The second kappa shape index (κ2) is 8.92. The number of phenolic OH excluding ortho intramolecular Hbond substituents is 1. The van der Waals surface area contributed by atoms with Crippen molar-refractivity contribution in [3.63, 3.8) is 0 Å². The number of amides is 2. The largest absolute Gasteiger partial charge is 0.506 e. The Balaban J connectivity index is 1.51. The summed E-state index contributed by atoms with van der Waals surface area (Å²) < 4.78 is 1.19. The molecule has 2 aromatic heterocycles. The van der Waals surface area contributed by atoms with Crippen molar-refractivity contribution in [1.82, 2.24) is 20.2 Å². The van der Waals surface area contributed by atoms with Gasteiger partial charge in [0.15, 0.2) is 0 Å². The minimum Gasteiger partial charge on any atom is -0.506 e. The highest BCUT2D eigenvalue weighted by molar-refractivity contribution is 9.11. The number of nitrogens with zero attached hydrogens (tertiary/aromatic N) is 3. The lowest BCUT2D eigenvalue weighted by Crippen LogP contribution is -2.53. The second-order valence-corrected chi connectivity index (χ2v) is 9.33. The molecule has 7 nitrogen and oxygen atoms in total. The molecule has 1 aliphatic heterocycles. The van der Waals surface area contributed by atoms with Crippen LogP contribution in [0.4, 0.5) is 0 Å². The molecule has 2 N–H and O–H groups in total. The fraction of sp³-hybridized carbons (Fsp3) is 0.273. The van der Waals surface area contributed by atoms with Crippen LogP contribution in [0, 0.1) is 5.92 Å². The zero-order chi connectivity index (χ0) is 22.1. The molecule has 1 aromatic carbocycles. The number of benzene rings is 1. The van der Waals surface area contributed by atoms with E-state index in [-0.39, 0.29) is 35.1 Å². The molecule has 1 saturated heterocycles. The van der Waals surface area contributed by atoms with Crippen LogP contribution in [0.2, 0.25) is 0 Å². The van der Waals surface area contributed by atoms with Crippen LogP contribution in [-0.2, 0) is 0 Å². The van der Waals surface area contributed by atoms with Gasteiger partial charge in [-0.1, -0.05) is 13.0 Å². The average molecular weight is 548 g/mol. The van der Waals surface area contributed by atoms with Crippen molar-refractivity contribution in [2.75, 3.05) is 13.1 Å². The summed E-state index contributed by atoms with van der Waals surface area (Å²) in [5, 5.41) is 14.1. The predicted octanol–water partition coefficient (Wildman–Crippen LogP) is 4.14. The molecule has 0 aliphatic carbocycles. The summed E-state index contributed by atoms with van der Waals surface area (Å²) in [5.74, 6) is -0.431. The number of piperidine rings is 1. The SMILES string of the molecule is CC1CCN(C(=O)c2cccc(Br)c2O)CC1NC(=O)c1ccc2cncc(Br)c2n1. The standard InChI is InChI=1S/C22H20Br2N4O3/c1-12-7-8-28(22(31)14-3-2-4-15(23)20(14)29)11-18(12)27-21(30)17-6-5-13-9-25-10-16(24)19(13)26-17/h2-6,9-10,12,18,29H,7-8,11H2,1H3,(H,27,30). The molecule has 0 spiro atoms. The van der Waals surface area contributed by atoms with Crippen molar-refractivity contribution >= 4 is 54.6 Å². The predicted molar refractivity (Wildman–Crippen MR) is 124 cm³/mol. The summed E-state index contributed by atoms with van der Waals surface area (Å²) in [6, 6.07) is 8.24.